The van der Waals surface area contributed by atoms with E-state index in [9.17, 15) is 13.2 Å². The highest BCUT2D eigenvalue weighted by atomic mass is 32.2. The van der Waals surface area contributed by atoms with Gasteiger partial charge in [-0.1, -0.05) is 55.5 Å². The number of hydrogen-bond acceptors (Lipinski definition) is 5. The Kier molecular flexibility index (Phi) is 7.53. The zero-order valence-corrected chi connectivity index (χ0v) is 22.0. The van der Waals surface area contributed by atoms with E-state index in [0.29, 0.717) is 24.3 Å². The maximum atomic E-state index is 13.1. The van der Waals surface area contributed by atoms with E-state index in [4.69, 9.17) is 0 Å². The third-order valence-electron chi connectivity index (χ3n) is 6.77. The van der Waals surface area contributed by atoms with Crippen molar-refractivity contribution in [2.75, 3.05) is 5.32 Å². The summed E-state index contributed by atoms with van der Waals surface area (Å²) in [6.07, 6.45) is 3.95. The van der Waals surface area contributed by atoms with Crippen LogP contribution in [0, 0.1) is 0 Å². The predicted octanol–water partition coefficient (Wildman–Crippen LogP) is 5.28. The number of sulfonamides is 1. The largest absolute Gasteiger partial charge is 0.348 e. The van der Waals surface area contributed by atoms with Crippen LogP contribution < -0.4 is 15.4 Å². The second-order valence-corrected chi connectivity index (χ2v) is 11.0. The van der Waals surface area contributed by atoms with Crippen molar-refractivity contribution < 1.29 is 13.2 Å². The molecule has 8 heteroatoms. The third-order valence-corrected chi connectivity index (χ3v) is 8.26. The second kappa shape index (κ2) is 11.2. The molecule has 1 aromatic heterocycles. The molecular weight excluding hydrogens is 496 g/mol. The van der Waals surface area contributed by atoms with Gasteiger partial charge in [-0.2, -0.15) is 0 Å². The van der Waals surface area contributed by atoms with Gasteiger partial charge in [0.2, 0.25) is 10.0 Å². The summed E-state index contributed by atoms with van der Waals surface area (Å²) in [5.41, 5.74) is 5.29. The van der Waals surface area contributed by atoms with E-state index in [0.717, 1.165) is 40.8 Å². The number of anilines is 2. The lowest BCUT2D eigenvalue weighted by Crippen LogP contribution is -2.27. The fourth-order valence-electron chi connectivity index (χ4n) is 4.66. The molecular formula is C30H30N4O3S. The first kappa shape index (κ1) is 25.6. The number of amides is 1. The minimum Gasteiger partial charge on any atom is -0.348 e. The second-order valence-electron chi connectivity index (χ2n) is 9.32. The Morgan fingerprint density at radius 3 is 2.50 bits per heavy atom. The van der Waals surface area contributed by atoms with Crippen LogP contribution in [0.25, 0.3) is 0 Å². The van der Waals surface area contributed by atoms with Gasteiger partial charge in [-0.15, -0.1) is 0 Å². The monoisotopic (exact) mass is 526 g/mol. The molecule has 0 radical (unpaired) electrons. The molecule has 0 saturated carbocycles. The van der Waals surface area contributed by atoms with Crippen molar-refractivity contribution in [3.8, 4) is 0 Å². The zero-order chi connectivity index (χ0) is 26.5. The molecule has 0 fully saturated rings. The molecule has 4 aromatic rings. The molecule has 0 saturated heterocycles. The van der Waals surface area contributed by atoms with E-state index in [1.165, 1.54) is 0 Å². The molecule has 1 aliphatic rings. The topological polar surface area (TPSA) is 100 Å². The van der Waals surface area contributed by atoms with Gasteiger partial charge in [0.05, 0.1) is 10.5 Å². The lowest BCUT2D eigenvalue weighted by Gasteiger charge is -2.17. The highest BCUT2D eigenvalue weighted by molar-refractivity contribution is 7.89. The van der Waals surface area contributed by atoms with E-state index in [-0.39, 0.29) is 16.8 Å². The van der Waals surface area contributed by atoms with Gasteiger partial charge in [0.1, 0.15) is 5.82 Å². The third kappa shape index (κ3) is 5.77. The van der Waals surface area contributed by atoms with Crippen LogP contribution in [-0.2, 0) is 29.4 Å². The highest BCUT2D eigenvalue weighted by Crippen LogP contribution is 2.35. The van der Waals surface area contributed by atoms with Gasteiger partial charge in [-0.05, 0) is 77.9 Å². The van der Waals surface area contributed by atoms with Crippen molar-refractivity contribution in [2.24, 2.45) is 0 Å². The van der Waals surface area contributed by atoms with Crippen molar-refractivity contribution in [1.82, 2.24) is 15.0 Å². The smallest absolute Gasteiger partial charge is 0.255 e. The summed E-state index contributed by atoms with van der Waals surface area (Å²) < 4.78 is 29.0. The first-order chi connectivity index (χ1) is 18.4. The molecule has 0 aliphatic heterocycles. The van der Waals surface area contributed by atoms with Crippen molar-refractivity contribution >= 4 is 27.4 Å². The van der Waals surface area contributed by atoms with Crippen LogP contribution in [0.2, 0.25) is 0 Å². The number of fused-ring (bicyclic) bond motifs is 1. The molecule has 38 heavy (non-hydrogen) atoms. The van der Waals surface area contributed by atoms with Crippen LogP contribution in [0.15, 0.2) is 96.0 Å². The van der Waals surface area contributed by atoms with Crippen LogP contribution in [0.5, 0.6) is 0 Å². The number of aryl methyl sites for hydroxylation is 2. The molecule has 0 spiro atoms. The molecule has 1 atom stereocenters. The summed E-state index contributed by atoms with van der Waals surface area (Å²) in [5, 5.41) is 6.20. The van der Waals surface area contributed by atoms with Gasteiger partial charge in [-0.3, -0.25) is 4.79 Å². The van der Waals surface area contributed by atoms with Crippen LogP contribution in [0.4, 0.5) is 11.5 Å². The van der Waals surface area contributed by atoms with Crippen LogP contribution >= 0.6 is 0 Å². The molecule has 3 aromatic carbocycles. The number of carbonyl (C=O) groups is 1. The van der Waals surface area contributed by atoms with Gasteiger partial charge in [0.25, 0.3) is 5.91 Å². The first-order valence-corrected chi connectivity index (χ1v) is 14.2. The Labute approximate surface area is 223 Å². The van der Waals surface area contributed by atoms with Gasteiger partial charge in [0, 0.05) is 24.5 Å². The summed E-state index contributed by atoms with van der Waals surface area (Å²) in [6, 6.07) is 25.7. The summed E-state index contributed by atoms with van der Waals surface area (Å²) in [4.78, 5) is 17.6. The normalized spacial score (nSPS) is 14.6. The number of rotatable bonds is 9. The van der Waals surface area contributed by atoms with E-state index < -0.39 is 10.0 Å². The van der Waals surface area contributed by atoms with E-state index >= 15 is 0 Å². The van der Waals surface area contributed by atoms with Gasteiger partial charge in [-0.25, -0.2) is 18.1 Å². The molecule has 1 aliphatic carbocycles. The van der Waals surface area contributed by atoms with Gasteiger partial charge in [0.15, 0.2) is 0 Å². The number of nitrogens with one attached hydrogen (secondary N) is 3. The predicted molar refractivity (Wildman–Crippen MR) is 149 cm³/mol. The van der Waals surface area contributed by atoms with Crippen molar-refractivity contribution in [3.63, 3.8) is 0 Å². The Bertz CT molecular complexity index is 1540. The van der Waals surface area contributed by atoms with Crippen molar-refractivity contribution in [3.05, 3.63) is 119 Å². The molecule has 1 heterocycles. The molecule has 1 amide bonds. The molecule has 1 unspecified atom stereocenters. The zero-order valence-electron chi connectivity index (χ0n) is 21.1. The Hall–Kier alpha value is -4.01. The number of aromatic nitrogens is 1. The van der Waals surface area contributed by atoms with Crippen LogP contribution in [0.3, 0.4) is 0 Å². The van der Waals surface area contributed by atoms with E-state index in [1.54, 1.807) is 30.5 Å². The molecule has 7 nitrogen and oxygen atoms in total. The number of pyridine rings is 1. The van der Waals surface area contributed by atoms with E-state index in [1.807, 2.05) is 67.6 Å². The Morgan fingerprint density at radius 1 is 0.947 bits per heavy atom. The van der Waals surface area contributed by atoms with Crippen LogP contribution in [-0.4, -0.2) is 19.3 Å². The SMILES string of the molecule is CCc1ccc(S(=O)(=O)NC2CCc3ccc(Nc4ncccc4C(=O)NCc4ccccc4)cc32)cc1. The first-order valence-electron chi connectivity index (χ1n) is 12.7. The summed E-state index contributed by atoms with van der Waals surface area (Å²) in [6.45, 7) is 2.45. The average molecular weight is 527 g/mol. The standard InChI is InChI=1S/C30H30N4O3S/c1-2-21-10-15-25(16-11-21)38(36,37)34-28-17-13-23-12-14-24(19-27(23)28)33-29-26(9-6-18-31-29)30(35)32-20-22-7-4-3-5-8-22/h3-12,14-16,18-19,28,34H,2,13,17,20H2,1H3,(H,31,33)(H,32,35). The van der Waals surface area contributed by atoms with Gasteiger partial charge < -0.3 is 10.6 Å². The maximum Gasteiger partial charge on any atom is 0.255 e. The summed E-state index contributed by atoms with van der Waals surface area (Å²) >= 11 is 0. The minimum atomic E-state index is -3.67. The van der Waals surface area contributed by atoms with Crippen molar-refractivity contribution in [2.45, 2.75) is 43.7 Å². The average Bonchev–Trinajstić information content (AvgIpc) is 3.33. The lowest BCUT2D eigenvalue weighted by atomic mass is 10.1. The van der Waals surface area contributed by atoms with Crippen LogP contribution in [0.1, 0.15) is 52.0 Å². The number of nitrogens with zero attached hydrogens (tertiary/aromatic N) is 1. The maximum absolute atomic E-state index is 13.1. The summed E-state index contributed by atoms with van der Waals surface area (Å²) in [7, 11) is -3.67. The summed E-state index contributed by atoms with van der Waals surface area (Å²) in [5.74, 6) is 0.203. The molecule has 0 bridgehead atoms. The number of benzene rings is 3. The van der Waals surface area contributed by atoms with Crippen molar-refractivity contribution in [1.29, 1.82) is 0 Å². The Morgan fingerprint density at radius 2 is 1.74 bits per heavy atom. The molecule has 194 valence electrons. The highest BCUT2D eigenvalue weighted by Gasteiger charge is 2.28. The lowest BCUT2D eigenvalue weighted by molar-refractivity contribution is 0.0951. The quantitative estimate of drug-likeness (QED) is 0.275. The Balaban J connectivity index is 1.32. The number of hydrogen-bond donors (Lipinski definition) is 3. The fourth-order valence-corrected chi connectivity index (χ4v) is 5.91. The minimum absolute atomic E-state index is 0.231. The van der Waals surface area contributed by atoms with Gasteiger partial charge >= 0.3 is 0 Å². The fraction of sp³-hybridized carbons (Fsp3) is 0.200. The number of carbonyl (C=O) groups excluding carboxylic acids is 1. The molecule has 5 rings (SSSR count). The molecule has 3 N–H and O–H groups in total. The van der Waals surface area contributed by atoms with E-state index in [2.05, 4.69) is 20.3 Å².